The van der Waals surface area contributed by atoms with Gasteiger partial charge < -0.3 is 23.7 Å². The van der Waals surface area contributed by atoms with E-state index < -0.39 is 0 Å². The molecule has 0 saturated carbocycles. The van der Waals surface area contributed by atoms with Gasteiger partial charge in [-0.05, 0) is 11.6 Å². The Balaban J connectivity index is 1.61. The highest BCUT2D eigenvalue weighted by Crippen LogP contribution is 2.37. The fourth-order valence-electron chi connectivity index (χ4n) is 3.15. The fraction of sp³-hybridized carbons (Fsp3) is 0.0952. The first-order valence-corrected chi connectivity index (χ1v) is 8.39. The third kappa shape index (κ3) is 2.62. The van der Waals surface area contributed by atoms with Crippen LogP contribution < -0.4 is 19.6 Å². The Kier molecular flexibility index (Phi) is 3.43. The molecule has 0 aliphatic carbocycles. The summed E-state index contributed by atoms with van der Waals surface area (Å²) >= 11 is 0. The lowest BCUT2D eigenvalue weighted by Gasteiger charge is -2.09. The molecule has 4 aromatic rings. The second-order valence-corrected chi connectivity index (χ2v) is 6.22. The smallest absolute Gasteiger partial charge is 0.231 e. The van der Waals surface area contributed by atoms with E-state index >= 15 is 0 Å². The van der Waals surface area contributed by atoms with Crippen LogP contribution in [0.25, 0.3) is 21.9 Å². The molecule has 0 amide bonds. The van der Waals surface area contributed by atoms with E-state index in [-0.39, 0.29) is 28.9 Å². The predicted molar refractivity (Wildman–Crippen MR) is 98.6 cm³/mol. The van der Waals surface area contributed by atoms with E-state index in [0.29, 0.717) is 34.8 Å². The quantitative estimate of drug-likeness (QED) is 0.556. The molecule has 6 heteroatoms. The topological polar surface area (TPSA) is 78.1 Å². The van der Waals surface area contributed by atoms with E-state index in [2.05, 4.69) is 0 Å². The molecule has 134 valence electrons. The molecule has 1 N–H and O–H groups in total. The minimum atomic E-state index is -0.336. The first-order valence-electron chi connectivity index (χ1n) is 8.39. The summed E-state index contributed by atoms with van der Waals surface area (Å²) in [6.07, 6.45) is 0. The molecule has 27 heavy (non-hydrogen) atoms. The van der Waals surface area contributed by atoms with Crippen molar-refractivity contribution < 1.29 is 23.7 Å². The van der Waals surface area contributed by atoms with Crippen LogP contribution in [0.1, 0.15) is 5.56 Å². The Hall–Kier alpha value is -3.67. The van der Waals surface area contributed by atoms with Gasteiger partial charge in [-0.15, -0.1) is 0 Å². The zero-order chi connectivity index (χ0) is 18.4. The first-order chi connectivity index (χ1) is 13.2. The van der Waals surface area contributed by atoms with Crippen molar-refractivity contribution in [3.8, 4) is 23.0 Å². The number of benzene rings is 3. The van der Waals surface area contributed by atoms with Gasteiger partial charge in [-0.1, -0.05) is 30.3 Å². The number of hydrogen-bond acceptors (Lipinski definition) is 6. The largest absolute Gasteiger partial charge is 0.507 e. The highest BCUT2D eigenvalue weighted by Gasteiger charge is 2.19. The van der Waals surface area contributed by atoms with E-state index in [1.807, 2.05) is 30.3 Å². The van der Waals surface area contributed by atoms with Crippen LogP contribution in [0.3, 0.4) is 0 Å². The van der Waals surface area contributed by atoms with Crippen molar-refractivity contribution in [1.29, 1.82) is 0 Å². The average molecular weight is 362 g/mol. The SMILES string of the molecule is O=c1c2cc3c(cc2oc2cc(OCc4ccccc4)cc(O)c12)OCO3. The molecule has 6 nitrogen and oxygen atoms in total. The second-order valence-electron chi connectivity index (χ2n) is 6.22. The molecule has 3 aromatic carbocycles. The van der Waals surface area contributed by atoms with E-state index in [4.69, 9.17) is 18.6 Å². The van der Waals surface area contributed by atoms with Crippen molar-refractivity contribution in [2.24, 2.45) is 0 Å². The summed E-state index contributed by atoms with van der Waals surface area (Å²) in [5, 5.41) is 10.8. The summed E-state index contributed by atoms with van der Waals surface area (Å²) in [5.41, 5.74) is 1.26. The van der Waals surface area contributed by atoms with Gasteiger partial charge >= 0.3 is 0 Å². The Labute approximate surface area is 153 Å². The van der Waals surface area contributed by atoms with Crippen molar-refractivity contribution >= 4 is 21.9 Å². The van der Waals surface area contributed by atoms with E-state index in [1.54, 1.807) is 18.2 Å². The van der Waals surface area contributed by atoms with Crippen LogP contribution in [0.15, 0.2) is 63.8 Å². The summed E-state index contributed by atoms with van der Waals surface area (Å²) < 4.78 is 22.2. The van der Waals surface area contributed by atoms with Crippen molar-refractivity contribution in [2.75, 3.05) is 6.79 Å². The monoisotopic (exact) mass is 362 g/mol. The van der Waals surface area contributed by atoms with Crippen LogP contribution in [0, 0.1) is 0 Å². The van der Waals surface area contributed by atoms with Gasteiger partial charge in [0.05, 0.1) is 5.39 Å². The Morgan fingerprint density at radius 3 is 2.56 bits per heavy atom. The Morgan fingerprint density at radius 2 is 1.74 bits per heavy atom. The molecule has 0 atom stereocenters. The van der Waals surface area contributed by atoms with Gasteiger partial charge in [-0.25, -0.2) is 0 Å². The third-order valence-electron chi connectivity index (χ3n) is 4.47. The zero-order valence-corrected chi connectivity index (χ0v) is 14.1. The van der Waals surface area contributed by atoms with Crippen molar-refractivity contribution in [1.82, 2.24) is 0 Å². The van der Waals surface area contributed by atoms with Crippen molar-refractivity contribution in [3.05, 3.63) is 70.4 Å². The summed E-state index contributed by atoms with van der Waals surface area (Å²) in [4.78, 5) is 12.8. The van der Waals surface area contributed by atoms with E-state index in [1.165, 1.54) is 6.07 Å². The maximum Gasteiger partial charge on any atom is 0.231 e. The predicted octanol–water partition coefficient (Wildman–Crippen LogP) is 3.96. The number of ether oxygens (including phenoxy) is 3. The Morgan fingerprint density at radius 1 is 0.963 bits per heavy atom. The standard InChI is InChI=1S/C21H14O6/c22-15-6-13(24-10-12-4-2-1-3-5-12)7-19-20(15)21(23)14-8-17-18(26-11-25-17)9-16(14)27-19/h1-9,22H,10-11H2. The molecular formula is C21H14O6. The summed E-state index contributed by atoms with van der Waals surface area (Å²) in [7, 11) is 0. The van der Waals surface area contributed by atoms with Crippen molar-refractivity contribution in [2.45, 2.75) is 6.61 Å². The molecule has 1 aliphatic rings. The third-order valence-corrected chi connectivity index (χ3v) is 4.47. The average Bonchev–Trinajstić information content (AvgIpc) is 3.13. The molecule has 0 fully saturated rings. The van der Waals surface area contributed by atoms with Gasteiger partial charge in [0.1, 0.15) is 34.7 Å². The lowest BCUT2D eigenvalue weighted by molar-refractivity contribution is 0.174. The second kappa shape index (κ2) is 5.95. The lowest BCUT2D eigenvalue weighted by Crippen LogP contribution is -2.03. The van der Waals surface area contributed by atoms with Crippen LogP contribution in [0.4, 0.5) is 0 Å². The number of rotatable bonds is 3. The van der Waals surface area contributed by atoms with Gasteiger partial charge in [0.2, 0.25) is 12.2 Å². The molecule has 1 aliphatic heterocycles. The fourth-order valence-corrected chi connectivity index (χ4v) is 3.15. The maximum absolute atomic E-state index is 12.8. The first kappa shape index (κ1) is 15.6. The molecule has 0 saturated heterocycles. The molecule has 0 spiro atoms. The van der Waals surface area contributed by atoms with Gasteiger partial charge in [0, 0.05) is 18.2 Å². The summed E-state index contributed by atoms with van der Waals surface area (Å²) in [6, 6.07) is 15.9. The maximum atomic E-state index is 12.8. The van der Waals surface area contributed by atoms with Gasteiger partial charge in [0.15, 0.2) is 11.5 Å². The molecule has 0 radical (unpaired) electrons. The van der Waals surface area contributed by atoms with E-state index in [0.717, 1.165) is 5.56 Å². The van der Waals surface area contributed by atoms with Crippen LogP contribution >= 0.6 is 0 Å². The minimum absolute atomic E-state index is 0.0993. The molecule has 5 rings (SSSR count). The van der Waals surface area contributed by atoms with Crippen LogP contribution in [0.2, 0.25) is 0 Å². The van der Waals surface area contributed by atoms with Crippen LogP contribution in [-0.2, 0) is 6.61 Å². The normalized spacial score (nSPS) is 12.6. The molecule has 1 aromatic heterocycles. The Bertz CT molecular complexity index is 1230. The van der Waals surface area contributed by atoms with E-state index in [9.17, 15) is 9.90 Å². The molecule has 0 bridgehead atoms. The minimum Gasteiger partial charge on any atom is -0.507 e. The zero-order valence-electron chi connectivity index (χ0n) is 14.1. The molecular weight excluding hydrogens is 348 g/mol. The highest BCUT2D eigenvalue weighted by atomic mass is 16.7. The van der Waals surface area contributed by atoms with Crippen LogP contribution in [-0.4, -0.2) is 11.9 Å². The molecule has 0 unspecified atom stereocenters. The number of phenols is 1. The number of hydrogen-bond donors (Lipinski definition) is 1. The lowest BCUT2D eigenvalue weighted by atomic mass is 10.1. The summed E-state index contributed by atoms with van der Waals surface area (Å²) in [5.74, 6) is 1.22. The van der Waals surface area contributed by atoms with Crippen molar-refractivity contribution in [3.63, 3.8) is 0 Å². The van der Waals surface area contributed by atoms with Gasteiger partial charge in [-0.2, -0.15) is 0 Å². The number of phenolic OH excluding ortho intramolecular Hbond substituents is 1. The summed E-state index contributed by atoms with van der Waals surface area (Å²) in [6.45, 7) is 0.435. The highest BCUT2D eigenvalue weighted by molar-refractivity contribution is 5.95. The van der Waals surface area contributed by atoms with Gasteiger partial charge in [-0.3, -0.25) is 4.79 Å². The number of fused-ring (bicyclic) bond motifs is 3. The van der Waals surface area contributed by atoms with Crippen LogP contribution in [0.5, 0.6) is 23.0 Å². The van der Waals surface area contributed by atoms with Gasteiger partial charge in [0.25, 0.3) is 0 Å². The molecule has 2 heterocycles. The number of aromatic hydroxyl groups is 1.